The Labute approximate surface area is 194 Å². The number of imidazole rings is 1. The fraction of sp³-hybridized carbons (Fsp3) is 0. The van der Waals surface area contributed by atoms with Gasteiger partial charge in [0, 0.05) is 33.4 Å². The smallest absolute Gasteiger partial charge is 0.165 e. The van der Waals surface area contributed by atoms with Gasteiger partial charge in [-0.15, -0.1) is 0 Å². The molecule has 0 fully saturated rings. The van der Waals surface area contributed by atoms with Crippen molar-refractivity contribution in [3.8, 4) is 5.69 Å². The van der Waals surface area contributed by atoms with Gasteiger partial charge in [-0.3, -0.25) is 9.38 Å². The summed E-state index contributed by atoms with van der Waals surface area (Å²) in [7, 11) is 0. The van der Waals surface area contributed by atoms with Crippen LogP contribution in [0.3, 0.4) is 0 Å². The number of nitrogens with zero attached hydrogens (tertiary/aromatic N) is 4. The third-order valence-electron chi connectivity index (χ3n) is 6.92. The van der Waals surface area contributed by atoms with E-state index in [4.69, 9.17) is 9.97 Å². The van der Waals surface area contributed by atoms with Gasteiger partial charge in [0.2, 0.25) is 0 Å². The summed E-state index contributed by atoms with van der Waals surface area (Å²) >= 11 is 0. The van der Waals surface area contributed by atoms with E-state index in [1.807, 2.05) is 18.3 Å². The van der Waals surface area contributed by atoms with Gasteiger partial charge in [0.1, 0.15) is 5.52 Å². The first-order valence-electron chi connectivity index (χ1n) is 11.5. The summed E-state index contributed by atoms with van der Waals surface area (Å²) in [6.07, 6.45) is 1.85. The predicted octanol–water partition coefficient (Wildman–Crippen LogP) is 7.29. The first kappa shape index (κ1) is 17.8. The summed E-state index contributed by atoms with van der Waals surface area (Å²) in [5.41, 5.74) is 8.55. The molecule has 34 heavy (non-hydrogen) atoms. The van der Waals surface area contributed by atoms with E-state index in [0.29, 0.717) is 0 Å². The molecule has 0 saturated carbocycles. The van der Waals surface area contributed by atoms with Gasteiger partial charge < -0.3 is 4.57 Å². The van der Waals surface area contributed by atoms with Crippen molar-refractivity contribution >= 4 is 60.3 Å². The highest BCUT2D eigenvalue weighted by molar-refractivity contribution is 6.24. The van der Waals surface area contributed by atoms with E-state index in [1.165, 1.54) is 27.2 Å². The van der Waals surface area contributed by atoms with Crippen molar-refractivity contribution in [2.75, 3.05) is 0 Å². The largest absolute Gasteiger partial charge is 0.307 e. The topological polar surface area (TPSA) is 35.1 Å². The molecule has 0 bridgehead atoms. The molecule has 8 rings (SSSR count). The second-order valence-electron chi connectivity index (χ2n) is 8.71. The van der Waals surface area contributed by atoms with Gasteiger partial charge in [-0.1, -0.05) is 66.7 Å². The highest BCUT2D eigenvalue weighted by atomic mass is 15.1. The van der Waals surface area contributed by atoms with Crippen LogP contribution in [0.15, 0.2) is 109 Å². The summed E-state index contributed by atoms with van der Waals surface area (Å²) < 4.78 is 4.70. The molecule has 4 aromatic heterocycles. The van der Waals surface area contributed by atoms with E-state index in [9.17, 15) is 0 Å². The Bertz CT molecular complexity index is 2060. The van der Waals surface area contributed by atoms with E-state index in [2.05, 4.69) is 100.0 Å². The maximum absolute atomic E-state index is 5.05. The number of benzene rings is 4. The maximum Gasteiger partial charge on any atom is 0.165 e. The molecule has 0 N–H and O–H groups in total. The molecule has 0 atom stereocenters. The summed E-state index contributed by atoms with van der Waals surface area (Å²) in [4.78, 5) is 9.82. The monoisotopic (exact) mass is 434 g/mol. The normalized spacial score (nSPS) is 12.1. The molecule has 8 aromatic rings. The van der Waals surface area contributed by atoms with Crippen LogP contribution in [0, 0.1) is 0 Å². The van der Waals surface area contributed by atoms with Crippen LogP contribution in [-0.2, 0) is 0 Å². The lowest BCUT2D eigenvalue weighted by Crippen LogP contribution is -1.98. The number of para-hydroxylation sites is 4. The van der Waals surface area contributed by atoms with Crippen LogP contribution in [0.2, 0.25) is 0 Å². The lowest BCUT2D eigenvalue weighted by molar-refractivity contribution is 1.18. The molecule has 0 saturated heterocycles. The van der Waals surface area contributed by atoms with Crippen LogP contribution in [0.1, 0.15) is 0 Å². The minimum Gasteiger partial charge on any atom is -0.307 e. The third kappa shape index (κ3) is 2.17. The molecule has 4 nitrogen and oxygen atoms in total. The van der Waals surface area contributed by atoms with Crippen molar-refractivity contribution in [1.29, 1.82) is 0 Å². The molecule has 0 aliphatic carbocycles. The number of pyridine rings is 2. The zero-order chi connectivity index (χ0) is 22.2. The van der Waals surface area contributed by atoms with Gasteiger partial charge in [0.15, 0.2) is 5.65 Å². The summed E-state index contributed by atoms with van der Waals surface area (Å²) in [5.74, 6) is 0. The fourth-order valence-electron chi connectivity index (χ4n) is 5.54. The average Bonchev–Trinajstić information content (AvgIpc) is 3.46. The van der Waals surface area contributed by atoms with Crippen molar-refractivity contribution in [1.82, 2.24) is 18.9 Å². The summed E-state index contributed by atoms with van der Waals surface area (Å²) in [6.45, 7) is 0. The van der Waals surface area contributed by atoms with Gasteiger partial charge in [0.05, 0.1) is 27.6 Å². The minimum absolute atomic E-state index is 0.890. The fourth-order valence-corrected chi connectivity index (χ4v) is 5.54. The van der Waals surface area contributed by atoms with E-state index in [-0.39, 0.29) is 0 Å². The van der Waals surface area contributed by atoms with Gasteiger partial charge in [0.25, 0.3) is 0 Å². The second-order valence-corrected chi connectivity index (χ2v) is 8.71. The zero-order valence-electron chi connectivity index (χ0n) is 18.2. The van der Waals surface area contributed by atoms with E-state index >= 15 is 0 Å². The molecular weight excluding hydrogens is 416 g/mol. The van der Waals surface area contributed by atoms with Crippen molar-refractivity contribution < 1.29 is 0 Å². The van der Waals surface area contributed by atoms with Crippen molar-refractivity contribution in [2.24, 2.45) is 0 Å². The second kappa shape index (κ2) is 6.42. The Morgan fingerprint density at radius 2 is 1.24 bits per heavy atom. The van der Waals surface area contributed by atoms with Gasteiger partial charge in [-0.25, -0.2) is 4.98 Å². The summed E-state index contributed by atoms with van der Waals surface area (Å²) in [5, 5.41) is 4.76. The van der Waals surface area contributed by atoms with E-state index in [0.717, 1.165) is 38.8 Å². The highest BCUT2D eigenvalue weighted by Crippen LogP contribution is 2.40. The molecule has 4 heterocycles. The Balaban J connectivity index is 1.78. The molecule has 0 spiro atoms. The number of hydrogen-bond donors (Lipinski definition) is 0. The van der Waals surface area contributed by atoms with E-state index < -0.39 is 0 Å². The number of fused-ring (bicyclic) bond motifs is 12. The van der Waals surface area contributed by atoms with Gasteiger partial charge in [-0.2, -0.15) is 0 Å². The number of aromatic nitrogens is 4. The van der Waals surface area contributed by atoms with Crippen molar-refractivity contribution in [3.63, 3.8) is 0 Å². The van der Waals surface area contributed by atoms with E-state index in [1.54, 1.807) is 0 Å². The van der Waals surface area contributed by atoms with Crippen LogP contribution < -0.4 is 0 Å². The van der Waals surface area contributed by atoms with Crippen LogP contribution in [-0.4, -0.2) is 18.9 Å². The molecule has 0 amide bonds. The lowest BCUT2D eigenvalue weighted by atomic mass is 10.1. The molecule has 158 valence electrons. The maximum atomic E-state index is 5.05. The van der Waals surface area contributed by atoms with Crippen molar-refractivity contribution in [2.45, 2.75) is 0 Å². The Morgan fingerprint density at radius 1 is 0.529 bits per heavy atom. The van der Waals surface area contributed by atoms with Gasteiger partial charge >= 0.3 is 0 Å². The lowest BCUT2D eigenvalue weighted by Gasteiger charge is -2.13. The quantitative estimate of drug-likeness (QED) is 0.254. The highest BCUT2D eigenvalue weighted by Gasteiger charge is 2.20. The van der Waals surface area contributed by atoms with Crippen LogP contribution in [0.5, 0.6) is 0 Å². The molecular formula is C30H18N4. The standard InChI is InChI=1S/C30H18N4/c1-2-9-19(10-3-1)33-25-14-6-4-11-20(25)22-16-17-23-21-12-8-18-31-27(21)30-32-24-13-5-7-15-26(24)34(30)29(23)28(22)33/h1-18H. The SMILES string of the molecule is c1ccc(-n2c3ccccc3c3ccc4c5cccnc5c5nc6ccccc6n5c4c32)cc1. The minimum atomic E-state index is 0.890. The average molecular weight is 435 g/mol. The molecule has 0 unspecified atom stereocenters. The molecule has 0 aliphatic heterocycles. The molecule has 4 heteroatoms. The molecule has 0 radical (unpaired) electrons. The third-order valence-corrected chi connectivity index (χ3v) is 6.92. The van der Waals surface area contributed by atoms with Crippen LogP contribution in [0.25, 0.3) is 66.0 Å². The zero-order valence-corrected chi connectivity index (χ0v) is 18.2. The Kier molecular flexibility index (Phi) is 3.36. The Morgan fingerprint density at radius 3 is 2.12 bits per heavy atom. The number of hydrogen-bond acceptors (Lipinski definition) is 2. The predicted molar refractivity (Wildman–Crippen MR) is 140 cm³/mol. The van der Waals surface area contributed by atoms with Crippen molar-refractivity contribution in [3.05, 3.63) is 109 Å². The molecule has 4 aromatic carbocycles. The number of rotatable bonds is 1. The first-order chi connectivity index (χ1) is 16.9. The van der Waals surface area contributed by atoms with Gasteiger partial charge in [-0.05, 0) is 36.4 Å². The molecule has 0 aliphatic rings. The Hall–Kier alpha value is -4.70. The van der Waals surface area contributed by atoms with Crippen LogP contribution in [0.4, 0.5) is 0 Å². The summed E-state index contributed by atoms with van der Waals surface area (Å²) in [6, 6.07) is 36.3. The first-order valence-corrected chi connectivity index (χ1v) is 11.5. The van der Waals surface area contributed by atoms with Crippen LogP contribution >= 0.6 is 0 Å².